The van der Waals surface area contributed by atoms with Crippen molar-refractivity contribution in [3.05, 3.63) is 40.6 Å². The highest BCUT2D eigenvalue weighted by atomic mass is 16.5. The van der Waals surface area contributed by atoms with Crippen molar-refractivity contribution in [3.8, 4) is 5.75 Å². The van der Waals surface area contributed by atoms with Crippen molar-refractivity contribution in [1.82, 2.24) is 9.97 Å². The molecule has 0 aliphatic carbocycles. The Morgan fingerprint density at radius 3 is 2.77 bits per heavy atom. The van der Waals surface area contributed by atoms with E-state index >= 15 is 0 Å². The van der Waals surface area contributed by atoms with E-state index < -0.39 is 0 Å². The van der Waals surface area contributed by atoms with E-state index in [2.05, 4.69) is 22.2 Å². The second kappa shape index (κ2) is 12.0. The first kappa shape index (κ1) is 23.4. The summed E-state index contributed by atoms with van der Waals surface area (Å²) in [6.07, 6.45) is 3.28. The summed E-state index contributed by atoms with van der Waals surface area (Å²) in [5, 5.41) is 12.1. The third-order valence-corrected chi connectivity index (χ3v) is 4.69. The molecule has 0 aliphatic heterocycles. The van der Waals surface area contributed by atoms with E-state index in [1.54, 1.807) is 7.11 Å². The summed E-state index contributed by atoms with van der Waals surface area (Å²) in [6.45, 7) is 5.08. The average Bonchev–Trinajstić information content (AvgIpc) is 2.71. The molecule has 4 N–H and O–H groups in total. The van der Waals surface area contributed by atoms with Crippen molar-refractivity contribution >= 4 is 17.7 Å². The van der Waals surface area contributed by atoms with Crippen LogP contribution in [0.3, 0.4) is 0 Å². The highest BCUT2D eigenvalue weighted by Crippen LogP contribution is 2.27. The highest BCUT2D eigenvalue weighted by molar-refractivity contribution is 5.72. The Balaban J connectivity index is 2.19. The molecule has 2 aromatic rings. The predicted octanol–water partition coefficient (Wildman–Crippen LogP) is 2.65. The number of aliphatic hydroxyl groups excluding tert-OH is 1. The van der Waals surface area contributed by atoms with Crippen LogP contribution in [0.4, 0.5) is 11.8 Å². The van der Waals surface area contributed by atoms with Crippen molar-refractivity contribution in [2.24, 2.45) is 0 Å². The van der Waals surface area contributed by atoms with Crippen LogP contribution < -0.4 is 15.8 Å². The lowest BCUT2D eigenvalue weighted by molar-refractivity contribution is -0.143. The summed E-state index contributed by atoms with van der Waals surface area (Å²) in [5.74, 6) is 1.35. The van der Waals surface area contributed by atoms with Crippen LogP contribution in [0, 0.1) is 6.92 Å². The number of anilines is 2. The lowest BCUT2D eigenvalue weighted by Crippen LogP contribution is -2.12. The second-order valence-corrected chi connectivity index (χ2v) is 7.07. The molecule has 30 heavy (non-hydrogen) atoms. The number of nitrogens with two attached hydrogens (primary N) is 1. The summed E-state index contributed by atoms with van der Waals surface area (Å²) in [6, 6.07) is 5.68. The number of nitrogens with one attached hydrogen (secondary N) is 1. The molecule has 8 heteroatoms. The maximum absolute atomic E-state index is 11.9. The zero-order chi connectivity index (χ0) is 21.9. The molecular weight excluding hydrogens is 384 g/mol. The topological polar surface area (TPSA) is 120 Å². The number of hydrogen-bond acceptors (Lipinski definition) is 8. The first-order chi connectivity index (χ1) is 14.5. The van der Waals surface area contributed by atoms with Crippen LogP contribution in [-0.2, 0) is 22.4 Å². The molecule has 0 saturated heterocycles. The molecule has 0 bridgehead atoms. The Labute approximate surface area is 177 Å². The quantitative estimate of drug-likeness (QED) is 0.357. The lowest BCUT2D eigenvalue weighted by atomic mass is 10.0. The number of benzene rings is 1. The van der Waals surface area contributed by atoms with Crippen LogP contribution in [-0.4, -0.2) is 47.9 Å². The Morgan fingerprint density at radius 1 is 1.27 bits per heavy atom. The summed E-state index contributed by atoms with van der Waals surface area (Å²) in [4.78, 5) is 20.6. The van der Waals surface area contributed by atoms with Gasteiger partial charge in [-0.1, -0.05) is 25.5 Å². The molecule has 0 spiro atoms. The van der Waals surface area contributed by atoms with Gasteiger partial charge in [0, 0.05) is 37.3 Å². The summed E-state index contributed by atoms with van der Waals surface area (Å²) in [7, 11) is 1.61. The number of carbonyl (C=O) groups excluding carboxylic acids is 1. The van der Waals surface area contributed by atoms with E-state index in [4.69, 9.17) is 20.3 Å². The molecule has 0 fully saturated rings. The van der Waals surface area contributed by atoms with Crippen molar-refractivity contribution in [2.45, 2.75) is 46.0 Å². The fourth-order valence-corrected chi connectivity index (χ4v) is 3.06. The zero-order valence-electron chi connectivity index (χ0n) is 18.0. The Kier molecular flexibility index (Phi) is 9.34. The van der Waals surface area contributed by atoms with Gasteiger partial charge in [0.2, 0.25) is 5.95 Å². The molecule has 1 aromatic carbocycles. The molecule has 0 aliphatic rings. The molecule has 8 nitrogen and oxygen atoms in total. The average molecular weight is 417 g/mol. The van der Waals surface area contributed by atoms with Crippen molar-refractivity contribution in [2.75, 3.05) is 37.9 Å². The van der Waals surface area contributed by atoms with E-state index in [0.717, 1.165) is 47.6 Å². The molecule has 1 aromatic heterocycles. The molecule has 1 heterocycles. The number of rotatable bonds is 12. The smallest absolute Gasteiger partial charge is 0.310 e. The third-order valence-electron chi connectivity index (χ3n) is 4.69. The summed E-state index contributed by atoms with van der Waals surface area (Å²) >= 11 is 0. The van der Waals surface area contributed by atoms with Gasteiger partial charge < -0.3 is 25.6 Å². The van der Waals surface area contributed by atoms with Gasteiger partial charge in [-0.3, -0.25) is 4.79 Å². The molecule has 164 valence electrons. The van der Waals surface area contributed by atoms with Crippen molar-refractivity contribution < 1.29 is 19.4 Å². The molecule has 0 atom stereocenters. The maximum Gasteiger partial charge on any atom is 0.310 e. The van der Waals surface area contributed by atoms with Crippen LogP contribution >= 0.6 is 0 Å². The van der Waals surface area contributed by atoms with E-state index in [-0.39, 0.29) is 31.6 Å². The molecule has 0 unspecified atom stereocenters. The first-order valence-corrected chi connectivity index (χ1v) is 10.3. The predicted molar refractivity (Wildman–Crippen MR) is 117 cm³/mol. The maximum atomic E-state index is 11.9. The van der Waals surface area contributed by atoms with E-state index in [1.807, 2.05) is 25.1 Å². The van der Waals surface area contributed by atoms with Crippen LogP contribution in [0.2, 0.25) is 0 Å². The SMILES string of the molecule is CCCCNc1nc(N)nc(C)c1Cc1ccc(CC(=O)OCCCO)cc1OC. The minimum Gasteiger partial charge on any atom is -0.496 e. The normalized spacial score (nSPS) is 10.7. The number of aliphatic hydroxyl groups is 1. The first-order valence-electron chi connectivity index (χ1n) is 10.3. The molecular formula is C22H32N4O4. The zero-order valence-corrected chi connectivity index (χ0v) is 18.0. The summed E-state index contributed by atoms with van der Waals surface area (Å²) < 4.78 is 10.7. The molecule has 2 rings (SSSR count). The number of unbranched alkanes of at least 4 members (excludes halogenated alkanes) is 1. The van der Waals surface area contributed by atoms with Gasteiger partial charge in [-0.15, -0.1) is 0 Å². The van der Waals surface area contributed by atoms with Crippen LogP contribution in [0.15, 0.2) is 18.2 Å². The second-order valence-electron chi connectivity index (χ2n) is 7.07. The fraction of sp³-hybridized carbons (Fsp3) is 0.500. The summed E-state index contributed by atoms with van der Waals surface area (Å²) in [5.41, 5.74) is 9.40. The monoisotopic (exact) mass is 416 g/mol. The lowest BCUT2D eigenvalue weighted by Gasteiger charge is -2.16. The molecule has 0 radical (unpaired) electrons. The number of aryl methyl sites for hydroxylation is 1. The standard InChI is InChI=1S/C22H32N4O4/c1-4-5-9-24-21-18(15(2)25-22(23)26-21)14-17-8-7-16(12-19(17)29-3)13-20(28)30-11-6-10-27/h7-8,12,27H,4-6,9-11,13-14H2,1-3H3,(H3,23,24,25,26). The van der Waals surface area contributed by atoms with Crippen LogP contribution in [0.25, 0.3) is 0 Å². The van der Waals surface area contributed by atoms with Gasteiger partial charge in [0.25, 0.3) is 0 Å². The van der Waals surface area contributed by atoms with E-state index in [9.17, 15) is 4.79 Å². The van der Waals surface area contributed by atoms with Gasteiger partial charge in [-0.05, 0) is 30.5 Å². The van der Waals surface area contributed by atoms with E-state index in [1.165, 1.54) is 0 Å². The van der Waals surface area contributed by atoms with Crippen LogP contribution in [0.1, 0.15) is 48.6 Å². The number of esters is 1. The fourth-order valence-electron chi connectivity index (χ4n) is 3.06. The van der Waals surface area contributed by atoms with Crippen molar-refractivity contribution in [1.29, 1.82) is 0 Å². The number of carbonyl (C=O) groups is 1. The van der Waals surface area contributed by atoms with Crippen LogP contribution in [0.5, 0.6) is 5.75 Å². The Bertz CT molecular complexity index is 842. The van der Waals surface area contributed by atoms with Gasteiger partial charge in [-0.2, -0.15) is 4.98 Å². The van der Waals surface area contributed by atoms with Gasteiger partial charge >= 0.3 is 5.97 Å². The largest absolute Gasteiger partial charge is 0.496 e. The number of nitrogens with zero attached hydrogens (tertiary/aromatic N) is 2. The van der Waals surface area contributed by atoms with Crippen molar-refractivity contribution in [3.63, 3.8) is 0 Å². The van der Waals surface area contributed by atoms with Gasteiger partial charge in [-0.25, -0.2) is 4.98 Å². The number of ether oxygens (including phenoxy) is 2. The highest BCUT2D eigenvalue weighted by Gasteiger charge is 2.15. The Morgan fingerprint density at radius 2 is 2.07 bits per heavy atom. The number of nitrogen functional groups attached to an aromatic ring is 1. The van der Waals surface area contributed by atoms with Gasteiger partial charge in [0.15, 0.2) is 0 Å². The molecule has 0 saturated carbocycles. The molecule has 0 amide bonds. The minimum atomic E-state index is -0.330. The number of aromatic nitrogens is 2. The number of methoxy groups -OCH3 is 1. The van der Waals surface area contributed by atoms with Gasteiger partial charge in [0.05, 0.1) is 20.1 Å². The van der Waals surface area contributed by atoms with E-state index in [0.29, 0.717) is 18.6 Å². The third kappa shape index (κ3) is 6.88. The minimum absolute atomic E-state index is 0.000639. The number of hydrogen-bond donors (Lipinski definition) is 3. The van der Waals surface area contributed by atoms with Gasteiger partial charge in [0.1, 0.15) is 11.6 Å². The Hall–Kier alpha value is -2.87.